The van der Waals surface area contributed by atoms with Crippen molar-refractivity contribution in [1.82, 2.24) is 10.6 Å². The number of carbonyl (C=O) groups is 1. The number of hydrogen-bond donors (Lipinski definition) is 2. The molecule has 0 aromatic heterocycles. The Bertz CT molecular complexity index is 491. The molecular weight excluding hydrogens is 252 g/mol. The van der Waals surface area contributed by atoms with E-state index in [1.807, 2.05) is 18.2 Å². The number of rotatable bonds is 4. The zero-order chi connectivity index (χ0) is 14.0. The van der Waals surface area contributed by atoms with Crippen LogP contribution in [-0.2, 0) is 16.0 Å². The van der Waals surface area contributed by atoms with Gasteiger partial charge >= 0.3 is 0 Å². The summed E-state index contributed by atoms with van der Waals surface area (Å²) in [4.78, 5) is 12.4. The predicted octanol–water partition coefficient (Wildman–Crippen LogP) is 1.56. The highest BCUT2D eigenvalue weighted by molar-refractivity contribution is 5.84. The van der Waals surface area contributed by atoms with Gasteiger partial charge in [0, 0.05) is 20.2 Å². The summed E-state index contributed by atoms with van der Waals surface area (Å²) in [5.74, 6) is 0.0560. The number of ether oxygens (including phenoxy) is 1. The van der Waals surface area contributed by atoms with Gasteiger partial charge in [0.1, 0.15) is 6.04 Å². The minimum Gasteiger partial charge on any atom is -0.376 e. The lowest BCUT2D eigenvalue weighted by Crippen LogP contribution is -2.51. The Balaban J connectivity index is 1.66. The van der Waals surface area contributed by atoms with Gasteiger partial charge in [0.2, 0.25) is 5.91 Å². The van der Waals surface area contributed by atoms with Gasteiger partial charge in [-0.05, 0) is 36.8 Å². The zero-order valence-electron chi connectivity index (χ0n) is 11.9. The van der Waals surface area contributed by atoms with Crippen molar-refractivity contribution in [2.24, 2.45) is 0 Å². The molecule has 1 aromatic rings. The summed E-state index contributed by atoms with van der Waals surface area (Å²) in [5, 5.41) is 6.37. The zero-order valence-corrected chi connectivity index (χ0v) is 11.9. The Morgan fingerprint density at radius 2 is 2.25 bits per heavy atom. The summed E-state index contributed by atoms with van der Waals surface area (Å²) in [6, 6.07) is 7.95. The van der Waals surface area contributed by atoms with Gasteiger partial charge < -0.3 is 15.4 Å². The van der Waals surface area contributed by atoms with Gasteiger partial charge in [-0.15, -0.1) is 0 Å². The Hall–Kier alpha value is -1.39. The number of hydrogen-bond acceptors (Lipinski definition) is 3. The Morgan fingerprint density at radius 1 is 1.45 bits per heavy atom. The summed E-state index contributed by atoms with van der Waals surface area (Å²) in [7, 11) is 1.74. The second kappa shape index (κ2) is 5.54. The summed E-state index contributed by atoms with van der Waals surface area (Å²) in [5.41, 5.74) is 2.26. The molecule has 0 radical (unpaired) electrons. The standard InChI is InChI=1S/C16H22N2O2/c1-20-16(8-4-9-16)11-18-15(19)14-13-6-3-2-5-12(13)7-10-17-14/h2-3,5-6,14,17H,4,7-11H2,1H3,(H,18,19). The third-order valence-electron chi connectivity index (χ3n) is 4.65. The van der Waals surface area contributed by atoms with Crippen LogP contribution in [0.1, 0.15) is 36.4 Å². The van der Waals surface area contributed by atoms with Crippen molar-refractivity contribution >= 4 is 5.91 Å². The topological polar surface area (TPSA) is 50.4 Å². The second-order valence-corrected chi connectivity index (χ2v) is 5.79. The van der Waals surface area contributed by atoms with Gasteiger partial charge in [0.05, 0.1) is 5.60 Å². The summed E-state index contributed by atoms with van der Waals surface area (Å²) in [6.07, 6.45) is 4.26. The monoisotopic (exact) mass is 274 g/mol. The van der Waals surface area contributed by atoms with Crippen molar-refractivity contribution in [3.05, 3.63) is 35.4 Å². The van der Waals surface area contributed by atoms with Crippen LogP contribution in [0.5, 0.6) is 0 Å². The molecule has 1 fully saturated rings. The van der Waals surface area contributed by atoms with E-state index >= 15 is 0 Å². The molecule has 20 heavy (non-hydrogen) atoms. The molecule has 1 aliphatic carbocycles. The van der Waals surface area contributed by atoms with Crippen LogP contribution < -0.4 is 10.6 Å². The maximum absolute atomic E-state index is 12.4. The summed E-state index contributed by atoms with van der Waals surface area (Å²) >= 11 is 0. The van der Waals surface area contributed by atoms with E-state index in [9.17, 15) is 4.79 Å². The van der Waals surface area contributed by atoms with Crippen molar-refractivity contribution < 1.29 is 9.53 Å². The van der Waals surface area contributed by atoms with Gasteiger partial charge in [0.25, 0.3) is 0 Å². The number of benzene rings is 1. The molecule has 1 unspecified atom stereocenters. The van der Waals surface area contributed by atoms with Crippen LogP contribution in [-0.4, -0.2) is 31.7 Å². The molecule has 2 aliphatic rings. The fraction of sp³-hybridized carbons (Fsp3) is 0.562. The average molecular weight is 274 g/mol. The van der Waals surface area contributed by atoms with Crippen LogP contribution in [0.3, 0.4) is 0 Å². The average Bonchev–Trinajstić information content (AvgIpc) is 2.46. The van der Waals surface area contributed by atoms with Crippen LogP contribution in [0.25, 0.3) is 0 Å². The second-order valence-electron chi connectivity index (χ2n) is 5.79. The number of amides is 1. The summed E-state index contributed by atoms with van der Waals surface area (Å²) < 4.78 is 5.55. The van der Waals surface area contributed by atoms with E-state index in [1.54, 1.807) is 7.11 Å². The molecule has 0 bridgehead atoms. The first kappa shape index (κ1) is 13.6. The highest BCUT2D eigenvalue weighted by Gasteiger charge is 2.38. The number of fused-ring (bicyclic) bond motifs is 1. The van der Waals surface area contributed by atoms with Gasteiger partial charge in [-0.25, -0.2) is 0 Å². The first-order valence-corrected chi connectivity index (χ1v) is 7.38. The van der Waals surface area contributed by atoms with Crippen LogP contribution in [0.2, 0.25) is 0 Å². The van der Waals surface area contributed by atoms with Gasteiger partial charge in [0.15, 0.2) is 0 Å². The fourth-order valence-corrected chi connectivity index (χ4v) is 3.11. The highest BCUT2D eigenvalue weighted by Crippen LogP contribution is 2.34. The van der Waals surface area contributed by atoms with Gasteiger partial charge in [-0.2, -0.15) is 0 Å². The minimum atomic E-state index is -0.228. The van der Waals surface area contributed by atoms with E-state index in [4.69, 9.17) is 4.74 Å². The lowest BCUT2D eigenvalue weighted by molar-refractivity contribution is -0.127. The van der Waals surface area contributed by atoms with Crippen LogP contribution in [0.4, 0.5) is 0 Å². The molecule has 108 valence electrons. The van der Waals surface area contributed by atoms with E-state index in [2.05, 4.69) is 16.7 Å². The third kappa shape index (κ3) is 2.45. The lowest BCUT2D eigenvalue weighted by atomic mass is 9.80. The van der Waals surface area contributed by atoms with Crippen LogP contribution in [0.15, 0.2) is 24.3 Å². The van der Waals surface area contributed by atoms with E-state index in [0.717, 1.165) is 31.4 Å². The van der Waals surface area contributed by atoms with Crippen LogP contribution >= 0.6 is 0 Å². The minimum absolute atomic E-state index is 0.0560. The molecule has 1 atom stereocenters. The Kier molecular flexibility index (Phi) is 3.76. The van der Waals surface area contributed by atoms with Gasteiger partial charge in [-0.3, -0.25) is 4.79 Å². The number of nitrogens with one attached hydrogen (secondary N) is 2. The molecule has 4 nitrogen and oxygen atoms in total. The molecule has 1 heterocycles. The van der Waals surface area contributed by atoms with Crippen molar-refractivity contribution in [1.29, 1.82) is 0 Å². The van der Waals surface area contributed by atoms with E-state index in [0.29, 0.717) is 6.54 Å². The SMILES string of the molecule is COC1(CNC(=O)C2NCCc3ccccc32)CCC1. The normalized spacial score (nSPS) is 23.6. The van der Waals surface area contributed by atoms with E-state index in [-0.39, 0.29) is 17.6 Å². The molecule has 1 amide bonds. The predicted molar refractivity (Wildman–Crippen MR) is 77.5 cm³/mol. The highest BCUT2D eigenvalue weighted by atomic mass is 16.5. The summed E-state index contributed by atoms with van der Waals surface area (Å²) in [6.45, 7) is 1.47. The number of carbonyl (C=O) groups excluding carboxylic acids is 1. The van der Waals surface area contributed by atoms with Crippen molar-refractivity contribution in [2.45, 2.75) is 37.3 Å². The smallest absolute Gasteiger partial charge is 0.241 e. The molecule has 0 spiro atoms. The first-order valence-electron chi connectivity index (χ1n) is 7.38. The molecule has 4 heteroatoms. The van der Waals surface area contributed by atoms with Crippen molar-refractivity contribution in [3.8, 4) is 0 Å². The Labute approximate surface area is 119 Å². The fourth-order valence-electron chi connectivity index (χ4n) is 3.11. The van der Waals surface area contributed by atoms with Crippen molar-refractivity contribution in [3.63, 3.8) is 0 Å². The molecule has 1 aliphatic heterocycles. The van der Waals surface area contributed by atoms with E-state index in [1.165, 1.54) is 12.0 Å². The maximum atomic E-state index is 12.4. The maximum Gasteiger partial charge on any atom is 0.241 e. The lowest BCUT2D eigenvalue weighted by Gasteiger charge is -2.41. The van der Waals surface area contributed by atoms with Gasteiger partial charge in [-0.1, -0.05) is 24.3 Å². The van der Waals surface area contributed by atoms with Crippen molar-refractivity contribution in [2.75, 3.05) is 20.2 Å². The number of methoxy groups -OCH3 is 1. The molecule has 3 rings (SSSR count). The van der Waals surface area contributed by atoms with Crippen LogP contribution in [0, 0.1) is 0 Å². The molecular formula is C16H22N2O2. The molecule has 1 saturated carbocycles. The quantitative estimate of drug-likeness (QED) is 0.876. The van der Waals surface area contributed by atoms with E-state index < -0.39 is 0 Å². The Morgan fingerprint density at radius 3 is 2.95 bits per heavy atom. The largest absolute Gasteiger partial charge is 0.376 e. The first-order chi connectivity index (χ1) is 9.74. The molecule has 2 N–H and O–H groups in total. The molecule has 0 saturated heterocycles. The molecule has 1 aromatic carbocycles. The third-order valence-corrected chi connectivity index (χ3v) is 4.65.